The average Bonchev–Trinajstić information content (AvgIpc) is 2.32. The fourth-order valence-corrected chi connectivity index (χ4v) is 2.05. The van der Waals surface area contributed by atoms with Crippen LogP contribution in [0.3, 0.4) is 0 Å². The summed E-state index contributed by atoms with van der Waals surface area (Å²) in [4.78, 5) is 4.19. The summed E-state index contributed by atoms with van der Waals surface area (Å²) in [5.74, 6) is 0.579. The number of rotatable bonds is 2. The van der Waals surface area contributed by atoms with Gasteiger partial charge in [0, 0.05) is 24.9 Å². The van der Waals surface area contributed by atoms with Crippen LogP contribution in [0.5, 0.6) is 0 Å². The summed E-state index contributed by atoms with van der Waals surface area (Å²) in [5, 5.41) is 12.6. The van der Waals surface area contributed by atoms with Crippen LogP contribution in [0.1, 0.15) is 25.3 Å². The molecule has 0 bridgehead atoms. The number of aromatic nitrogens is 1. The van der Waals surface area contributed by atoms with Crippen LogP contribution in [0.2, 0.25) is 5.02 Å². The third-order valence-electron chi connectivity index (χ3n) is 3.03. The van der Waals surface area contributed by atoms with Gasteiger partial charge >= 0.3 is 0 Å². The maximum Gasteiger partial charge on any atom is 0.146 e. The van der Waals surface area contributed by atoms with Crippen LogP contribution in [0.4, 0.5) is 5.82 Å². The summed E-state index contributed by atoms with van der Waals surface area (Å²) in [6.45, 7) is 3.59. The second kappa shape index (κ2) is 4.91. The third kappa shape index (κ3) is 2.68. The lowest BCUT2D eigenvalue weighted by Crippen LogP contribution is -2.41. The van der Waals surface area contributed by atoms with Crippen LogP contribution >= 0.6 is 11.6 Å². The molecule has 0 spiro atoms. The van der Waals surface area contributed by atoms with Crippen LogP contribution in [0, 0.1) is 11.3 Å². The van der Waals surface area contributed by atoms with Gasteiger partial charge in [0.2, 0.25) is 0 Å². The Morgan fingerprint density at radius 2 is 2.24 bits per heavy atom. The lowest BCUT2D eigenvalue weighted by Gasteiger charge is -2.35. The van der Waals surface area contributed by atoms with Crippen molar-refractivity contribution < 1.29 is 4.74 Å². The predicted octanol–water partition coefficient (Wildman–Crippen LogP) is 2.59. The van der Waals surface area contributed by atoms with Crippen LogP contribution in [0.25, 0.3) is 0 Å². The molecule has 1 fully saturated rings. The molecule has 0 aromatic carbocycles. The van der Waals surface area contributed by atoms with Gasteiger partial charge in [0.15, 0.2) is 0 Å². The predicted molar refractivity (Wildman–Crippen MR) is 66.0 cm³/mol. The number of anilines is 1. The molecule has 2 heterocycles. The maximum absolute atomic E-state index is 8.90. The summed E-state index contributed by atoms with van der Waals surface area (Å²) in [5.41, 5.74) is 0.378. The molecule has 1 saturated heterocycles. The first-order chi connectivity index (χ1) is 8.14. The van der Waals surface area contributed by atoms with Gasteiger partial charge in [-0.25, -0.2) is 4.98 Å². The van der Waals surface area contributed by atoms with E-state index in [2.05, 4.69) is 17.2 Å². The molecule has 1 aliphatic heterocycles. The Hall–Kier alpha value is -1.31. The highest BCUT2D eigenvalue weighted by Gasteiger charge is 2.28. The minimum Gasteiger partial charge on any atom is -0.381 e. The highest BCUT2D eigenvalue weighted by Crippen LogP contribution is 2.29. The van der Waals surface area contributed by atoms with Gasteiger partial charge in [-0.1, -0.05) is 11.6 Å². The van der Waals surface area contributed by atoms with E-state index in [4.69, 9.17) is 21.6 Å². The van der Waals surface area contributed by atoms with E-state index >= 15 is 0 Å². The first-order valence-electron chi connectivity index (χ1n) is 5.55. The standard InChI is InChI=1S/C12H14ClN3O/c1-12(3-6-17-7-4-12)16-11-10(13)9(8-14)2-5-15-11/h2,5H,3-4,6-7H2,1H3,(H,15,16). The fourth-order valence-electron chi connectivity index (χ4n) is 1.85. The molecular formula is C12H14ClN3O. The Morgan fingerprint density at radius 3 is 2.88 bits per heavy atom. The minimum absolute atomic E-state index is 0.0665. The first-order valence-corrected chi connectivity index (χ1v) is 5.93. The molecule has 4 nitrogen and oxygen atoms in total. The molecule has 0 radical (unpaired) electrons. The molecule has 17 heavy (non-hydrogen) atoms. The van der Waals surface area contributed by atoms with E-state index in [0.717, 1.165) is 26.1 Å². The SMILES string of the molecule is CC1(Nc2nccc(C#N)c2Cl)CCOCC1. The van der Waals surface area contributed by atoms with Gasteiger partial charge in [0.25, 0.3) is 0 Å². The van der Waals surface area contributed by atoms with Gasteiger partial charge in [-0.05, 0) is 25.8 Å². The quantitative estimate of drug-likeness (QED) is 0.878. The molecule has 0 unspecified atom stereocenters. The van der Waals surface area contributed by atoms with Crippen LogP contribution in [-0.2, 0) is 4.74 Å². The summed E-state index contributed by atoms with van der Waals surface area (Å²) in [6.07, 6.45) is 3.40. The molecular weight excluding hydrogens is 238 g/mol. The van der Waals surface area contributed by atoms with E-state index in [0.29, 0.717) is 16.4 Å². The molecule has 5 heteroatoms. The Kier molecular flexibility index (Phi) is 3.51. The Balaban J connectivity index is 2.21. The van der Waals surface area contributed by atoms with Crippen molar-refractivity contribution in [2.75, 3.05) is 18.5 Å². The van der Waals surface area contributed by atoms with Crippen molar-refractivity contribution in [2.45, 2.75) is 25.3 Å². The number of hydrogen-bond acceptors (Lipinski definition) is 4. The van der Waals surface area contributed by atoms with Gasteiger partial charge in [0.05, 0.1) is 5.56 Å². The number of ether oxygens (including phenoxy) is 1. The lowest BCUT2D eigenvalue weighted by atomic mass is 9.92. The van der Waals surface area contributed by atoms with Crippen LogP contribution in [0.15, 0.2) is 12.3 Å². The molecule has 0 amide bonds. The van der Waals surface area contributed by atoms with Crippen molar-refractivity contribution >= 4 is 17.4 Å². The van der Waals surface area contributed by atoms with E-state index in [-0.39, 0.29) is 5.54 Å². The second-order valence-electron chi connectivity index (χ2n) is 4.43. The molecule has 90 valence electrons. The van der Waals surface area contributed by atoms with Gasteiger partial charge in [-0.3, -0.25) is 0 Å². The topological polar surface area (TPSA) is 57.9 Å². The molecule has 1 aromatic heterocycles. The van der Waals surface area contributed by atoms with Crippen molar-refractivity contribution in [3.8, 4) is 6.07 Å². The number of halogens is 1. The lowest BCUT2D eigenvalue weighted by molar-refractivity contribution is 0.0657. The van der Waals surface area contributed by atoms with Crippen molar-refractivity contribution in [3.63, 3.8) is 0 Å². The van der Waals surface area contributed by atoms with Gasteiger partial charge in [0.1, 0.15) is 16.9 Å². The van der Waals surface area contributed by atoms with E-state index in [1.165, 1.54) is 0 Å². The second-order valence-corrected chi connectivity index (χ2v) is 4.81. The number of nitriles is 1. The molecule has 1 aromatic rings. The zero-order valence-corrected chi connectivity index (χ0v) is 10.4. The average molecular weight is 252 g/mol. The summed E-state index contributed by atoms with van der Waals surface area (Å²) >= 11 is 6.11. The van der Waals surface area contributed by atoms with Crippen molar-refractivity contribution in [1.82, 2.24) is 4.98 Å². The minimum atomic E-state index is -0.0665. The summed E-state index contributed by atoms with van der Waals surface area (Å²) in [7, 11) is 0. The smallest absolute Gasteiger partial charge is 0.146 e. The van der Waals surface area contributed by atoms with E-state index in [1.54, 1.807) is 12.3 Å². The molecule has 0 atom stereocenters. The number of pyridine rings is 1. The zero-order chi connectivity index (χ0) is 12.3. The van der Waals surface area contributed by atoms with E-state index in [1.807, 2.05) is 6.07 Å². The molecule has 0 saturated carbocycles. The monoisotopic (exact) mass is 251 g/mol. The van der Waals surface area contributed by atoms with Crippen molar-refractivity contribution in [3.05, 3.63) is 22.8 Å². The normalized spacial score (nSPS) is 18.4. The third-order valence-corrected chi connectivity index (χ3v) is 3.41. The number of nitrogens with one attached hydrogen (secondary N) is 1. The highest BCUT2D eigenvalue weighted by atomic mass is 35.5. The highest BCUT2D eigenvalue weighted by molar-refractivity contribution is 6.34. The summed E-state index contributed by atoms with van der Waals surface area (Å²) in [6, 6.07) is 3.66. The molecule has 2 rings (SSSR count). The van der Waals surface area contributed by atoms with Crippen molar-refractivity contribution in [1.29, 1.82) is 5.26 Å². The van der Waals surface area contributed by atoms with E-state index < -0.39 is 0 Å². The molecule has 0 aliphatic carbocycles. The molecule has 1 aliphatic rings. The maximum atomic E-state index is 8.90. The van der Waals surface area contributed by atoms with E-state index in [9.17, 15) is 0 Å². The largest absolute Gasteiger partial charge is 0.381 e. The Morgan fingerprint density at radius 1 is 1.53 bits per heavy atom. The number of nitrogens with zero attached hydrogens (tertiary/aromatic N) is 2. The van der Waals surface area contributed by atoms with Crippen molar-refractivity contribution in [2.24, 2.45) is 0 Å². The van der Waals surface area contributed by atoms with Gasteiger partial charge in [-0.15, -0.1) is 0 Å². The number of hydrogen-bond donors (Lipinski definition) is 1. The summed E-state index contributed by atoms with van der Waals surface area (Å²) < 4.78 is 5.33. The van der Waals surface area contributed by atoms with Gasteiger partial charge < -0.3 is 10.1 Å². The fraction of sp³-hybridized carbons (Fsp3) is 0.500. The van der Waals surface area contributed by atoms with Crippen LogP contribution < -0.4 is 5.32 Å². The Bertz CT molecular complexity index is 450. The molecule has 1 N–H and O–H groups in total. The zero-order valence-electron chi connectivity index (χ0n) is 9.66. The first kappa shape index (κ1) is 12.2. The Labute approximate surface area is 106 Å². The van der Waals surface area contributed by atoms with Crippen LogP contribution in [-0.4, -0.2) is 23.7 Å². The van der Waals surface area contributed by atoms with Gasteiger partial charge in [-0.2, -0.15) is 5.26 Å².